The molecule has 0 atom stereocenters. The van der Waals surface area contributed by atoms with Gasteiger partial charge in [-0.1, -0.05) is 30.3 Å². The van der Waals surface area contributed by atoms with E-state index in [1.54, 1.807) is 6.20 Å². The molecule has 3 aromatic heterocycles. The molecule has 6 nitrogen and oxygen atoms in total. The van der Waals surface area contributed by atoms with Gasteiger partial charge in [0.25, 0.3) is 0 Å². The highest BCUT2D eigenvalue weighted by Gasteiger charge is 2.18. The maximum atomic E-state index is 6.21. The molecule has 0 spiro atoms. The first-order chi connectivity index (χ1) is 12.6. The van der Waals surface area contributed by atoms with Crippen molar-refractivity contribution in [1.29, 1.82) is 0 Å². The Morgan fingerprint density at radius 1 is 1.15 bits per heavy atom. The zero-order valence-electron chi connectivity index (χ0n) is 14.4. The lowest BCUT2D eigenvalue weighted by Gasteiger charge is -2.30. The second kappa shape index (κ2) is 7.25. The molecular weight excluding hydrogens is 368 g/mol. The summed E-state index contributed by atoms with van der Waals surface area (Å²) in [5, 5.41) is 1.24. The van der Waals surface area contributed by atoms with Crippen molar-refractivity contribution in [3.8, 4) is 0 Å². The molecule has 1 saturated heterocycles. The molecular formula is C18H19ClN6S. The maximum Gasteiger partial charge on any atom is 0.179 e. The smallest absolute Gasteiger partial charge is 0.179 e. The van der Waals surface area contributed by atoms with Gasteiger partial charge in [0.1, 0.15) is 22.2 Å². The van der Waals surface area contributed by atoms with Crippen molar-refractivity contribution in [2.45, 2.75) is 29.7 Å². The normalized spacial score (nSPS) is 15.5. The van der Waals surface area contributed by atoms with E-state index >= 15 is 0 Å². The molecule has 0 amide bonds. The number of pyridine rings is 2. The highest BCUT2D eigenvalue weighted by Crippen LogP contribution is 2.34. The highest BCUT2D eigenvalue weighted by molar-refractivity contribution is 7.99. The summed E-state index contributed by atoms with van der Waals surface area (Å²) in [5.74, 6) is 2.03. The highest BCUT2D eigenvalue weighted by atomic mass is 35.5. The Labute approximate surface area is 161 Å². The first-order valence-electron chi connectivity index (χ1n) is 8.57. The summed E-state index contributed by atoms with van der Waals surface area (Å²) in [6.07, 6.45) is 5.85. The van der Waals surface area contributed by atoms with Gasteiger partial charge in [-0.2, -0.15) is 0 Å². The van der Waals surface area contributed by atoms with E-state index in [2.05, 4.69) is 26.8 Å². The predicted octanol–water partition coefficient (Wildman–Crippen LogP) is 4.04. The summed E-state index contributed by atoms with van der Waals surface area (Å²) >= 11 is 7.64. The van der Waals surface area contributed by atoms with Crippen molar-refractivity contribution in [1.82, 2.24) is 19.9 Å². The van der Waals surface area contributed by atoms with Crippen LogP contribution >= 0.6 is 23.4 Å². The van der Waals surface area contributed by atoms with E-state index in [0.29, 0.717) is 16.5 Å². The van der Waals surface area contributed by atoms with Gasteiger partial charge in [0, 0.05) is 24.2 Å². The third-order valence-electron chi connectivity index (χ3n) is 4.57. The largest absolute Gasteiger partial charge is 0.382 e. The van der Waals surface area contributed by atoms with Crippen LogP contribution in [0.5, 0.6) is 0 Å². The summed E-state index contributed by atoms with van der Waals surface area (Å²) in [4.78, 5) is 20.9. The van der Waals surface area contributed by atoms with Crippen molar-refractivity contribution in [2.24, 2.45) is 5.92 Å². The van der Waals surface area contributed by atoms with Gasteiger partial charge in [0.15, 0.2) is 5.65 Å². The lowest BCUT2D eigenvalue weighted by Crippen LogP contribution is -2.33. The lowest BCUT2D eigenvalue weighted by molar-refractivity contribution is 0.436. The minimum absolute atomic E-state index is 0.317. The van der Waals surface area contributed by atoms with Crippen LogP contribution in [0.2, 0.25) is 5.02 Å². The molecule has 4 rings (SSSR count). The Morgan fingerprint density at radius 2 is 1.96 bits per heavy atom. The molecule has 26 heavy (non-hydrogen) atoms. The summed E-state index contributed by atoms with van der Waals surface area (Å²) in [6.45, 7) is 4.37. The maximum absolute atomic E-state index is 6.21. The minimum atomic E-state index is 0.317. The van der Waals surface area contributed by atoms with Crippen LogP contribution in [-0.2, 0) is 0 Å². The average molecular weight is 387 g/mol. The Bertz CT molecular complexity index is 942. The number of hydrogen-bond acceptors (Lipinski definition) is 7. The molecule has 1 aliphatic heterocycles. The number of halogens is 1. The number of nitrogens with two attached hydrogens (primary N) is 1. The summed E-state index contributed by atoms with van der Waals surface area (Å²) < 4.78 is 0. The Kier molecular flexibility index (Phi) is 4.82. The first kappa shape index (κ1) is 17.3. The van der Waals surface area contributed by atoms with Gasteiger partial charge in [-0.3, -0.25) is 0 Å². The standard InChI is InChI=1S/C18H19ClN6S/c1-11-5-8-25(9-6-11)14-10-22-18-12(23-14)2-3-15(24-18)26-13-4-7-21-17(20)16(13)19/h2-4,7,10-11H,5-6,8-9H2,1H3,(H2,20,21). The van der Waals surface area contributed by atoms with Crippen LogP contribution in [-0.4, -0.2) is 33.0 Å². The molecule has 1 fully saturated rings. The number of fused-ring (bicyclic) bond motifs is 1. The summed E-state index contributed by atoms with van der Waals surface area (Å²) in [7, 11) is 0. The number of anilines is 2. The number of aromatic nitrogens is 4. The number of nitrogens with zero attached hydrogens (tertiary/aromatic N) is 5. The topological polar surface area (TPSA) is 80.8 Å². The molecule has 0 aliphatic carbocycles. The van der Waals surface area contributed by atoms with Gasteiger partial charge in [-0.25, -0.2) is 19.9 Å². The van der Waals surface area contributed by atoms with Gasteiger partial charge in [-0.05, 0) is 37.0 Å². The van der Waals surface area contributed by atoms with E-state index in [0.717, 1.165) is 40.3 Å². The monoisotopic (exact) mass is 386 g/mol. The number of hydrogen-bond donors (Lipinski definition) is 1. The first-order valence-corrected chi connectivity index (χ1v) is 9.76. The fourth-order valence-corrected chi connectivity index (χ4v) is 4.00. The van der Waals surface area contributed by atoms with E-state index in [1.165, 1.54) is 24.6 Å². The van der Waals surface area contributed by atoms with Crippen LogP contribution in [0.1, 0.15) is 19.8 Å². The van der Waals surface area contributed by atoms with Crippen LogP contribution < -0.4 is 10.6 Å². The predicted molar refractivity (Wildman–Crippen MR) is 106 cm³/mol. The number of piperidine rings is 1. The van der Waals surface area contributed by atoms with Crippen LogP contribution in [0.3, 0.4) is 0 Å². The summed E-state index contributed by atoms with van der Waals surface area (Å²) in [6, 6.07) is 5.70. The lowest BCUT2D eigenvalue weighted by atomic mass is 9.99. The second-order valence-electron chi connectivity index (χ2n) is 6.50. The molecule has 1 aliphatic rings. The zero-order chi connectivity index (χ0) is 18.1. The number of rotatable bonds is 3. The van der Waals surface area contributed by atoms with E-state index in [9.17, 15) is 0 Å². The minimum Gasteiger partial charge on any atom is -0.382 e. The van der Waals surface area contributed by atoms with Gasteiger partial charge < -0.3 is 10.6 Å². The van der Waals surface area contributed by atoms with Crippen molar-refractivity contribution < 1.29 is 0 Å². The quantitative estimate of drug-likeness (QED) is 0.727. The molecule has 2 N–H and O–H groups in total. The van der Waals surface area contributed by atoms with Crippen LogP contribution in [0, 0.1) is 5.92 Å². The van der Waals surface area contributed by atoms with Gasteiger partial charge in [-0.15, -0.1) is 0 Å². The fourth-order valence-electron chi connectivity index (χ4n) is 2.96. The van der Waals surface area contributed by atoms with Crippen molar-refractivity contribution in [3.05, 3.63) is 35.6 Å². The molecule has 0 unspecified atom stereocenters. The van der Waals surface area contributed by atoms with Crippen LogP contribution in [0.15, 0.2) is 40.5 Å². The van der Waals surface area contributed by atoms with E-state index in [-0.39, 0.29) is 0 Å². The average Bonchev–Trinajstić information content (AvgIpc) is 2.66. The van der Waals surface area contributed by atoms with E-state index < -0.39 is 0 Å². The van der Waals surface area contributed by atoms with Crippen molar-refractivity contribution >= 4 is 46.2 Å². The third kappa shape index (κ3) is 3.54. The van der Waals surface area contributed by atoms with Crippen LogP contribution in [0.4, 0.5) is 11.6 Å². The fraction of sp³-hybridized carbons (Fsp3) is 0.333. The zero-order valence-corrected chi connectivity index (χ0v) is 16.0. The molecule has 0 saturated carbocycles. The molecule has 4 heterocycles. The van der Waals surface area contributed by atoms with Crippen molar-refractivity contribution in [2.75, 3.05) is 23.7 Å². The second-order valence-corrected chi connectivity index (χ2v) is 7.94. The van der Waals surface area contributed by atoms with Crippen LogP contribution in [0.25, 0.3) is 11.2 Å². The van der Waals surface area contributed by atoms with E-state index in [4.69, 9.17) is 22.3 Å². The molecule has 134 valence electrons. The van der Waals surface area contributed by atoms with E-state index in [1.807, 2.05) is 24.4 Å². The summed E-state index contributed by atoms with van der Waals surface area (Å²) in [5.41, 5.74) is 7.18. The Hall–Kier alpha value is -2.12. The molecule has 0 bridgehead atoms. The molecule has 0 radical (unpaired) electrons. The Balaban J connectivity index is 1.58. The molecule has 3 aromatic rings. The number of nitrogen functional groups attached to an aromatic ring is 1. The van der Waals surface area contributed by atoms with Gasteiger partial charge in [0.05, 0.1) is 11.2 Å². The molecule has 8 heteroatoms. The molecule has 0 aromatic carbocycles. The van der Waals surface area contributed by atoms with Gasteiger partial charge >= 0.3 is 0 Å². The third-order valence-corrected chi connectivity index (χ3v) is 6.08. The Morgan fingerprint density at radius 3 is 2.77 bits per heavy atom. The SMILES string of the molecule is CC1CCN(c2cnc3nc(Sc4ccnc(N)c4Cl)ccc3n2)CC1. The van der Waals surface area contributed by atoms with Gasteiger partial charge in [0.2, 0.25) is 0 Å². The van der Waals surface area contributed by atoms with Crippen molar-refractivity contribution in [3.63, 3.8) is 0 Å².